The summed E-state index contributed by atoms with van der Waals surface area (Å²) in [6.45, 7) is 2.00. The van der Waals surface area contributed by atoms with E-state index < -0.39 is 0 Å². The molecule has 0 fully saturated rings. The SMILES string of the molecule is CCc1cc(NC(=O)c2cnccn2)n[nH]1. The first-order chi connectivity index (χ1) is 7.79. The van der Waals surface area contributed by atoms with E-state index in [9.17, 15) is 4.79 Å². The van der Waals surface area contributed by atoms with Gasteiger partial charge in [-0.15, -0.1) is 0 Å². The largest absolute Gasteiger partial charge is 0.304 e. The van der Waals surface area contributed by atoms with Gasteiger partial charge in [-0.05, 0) is 6.42 Å². The zero-order chi connectivity index (χ0) is 11.4. The molecule has 0 aliphatic heterocycles. The van der Waals surface area contributed by atoms with Gasteiger partial charge in [-0.1, -0.05) is 6.92 Å². The highest BCUT2D eigenvalue weighted by molar-refractivity contribution is 6.02. The molecule has 0 unspecified atom stereocenters. The monoisotopic (exact) mass is 217 g/mol. The van der Waals surface area contributed by atoms with Gasteiger partial charge in [0.2, 0.25) is 0 Å². The Morgan fingerprint density at radius 2 is 2.38 bits per heavy atom. The van der Waals surface area contributed by atoms with E-state index in [1.54, 1.807) is 6.07 Å². The summed E-state index contributed by atoms with van der Waals surface area (Å²) in [5.74, 6) is 0.176. The van der Waals surface area contributed by atoms with Crippen molar-refractivity contribution in [2.45, 2.75) is 13.3 Å². The molecule has 0 atom stereocenters. The Labute approximate surface area is 92.1 Å². The second kappa shape index (κ2) is 4.52. The van der Waals surface area contributed by atoms with Crippen LogP contribution in [0.4, 0.5) is 5.82 Å². The Hall–Kier alpha value is -2.24. The summed E-state index contributed by atoms with van der Waals surface area (Å²) in [7, 11) is 0. The summed E-state index contributed by atoms with van der Waals surface area (Å²) in [6.07, 6.45) is 5.23. The molecule has 0 aliphatic carbocycles. The topological polar surface area (TPSA) is 83.6 Å². The van der Waals surface area contributed by atoms with Crippen LogP contribution in [-0.2, 0) is 6.42 Å². The average molecular weight is 217 g/mol. The van der Waals surface area contributed by atoms with Crippen LogP contribution in [-0.4, -0.2) is 26.1 Å². The summed E-state index contributed by atoms with van der Waals surface area (Å²) in [4.78, 5) is 19.4. The summed E-state index contributed by atoms with van der Waals surface area (Å²) in [5, 5.41) is 9.39. The van der Waals surface area contributed by atoms with Gasteiger partial charge in [0, 0.05) is 24.2 Å². The summed E-state index contributed by atoms with van der Waals surface area (Å²) >= 11 is 0. The van der Waals surface area contributed by atoms with E-state index in [0.29, 0.717) is 5.82 Å². The second-order valence-corrected chi connectivity index (χ2v) is 3.18. The smallest absolute Gasteiger partial charge is 0.277 e. The molecule has 0 aliphatic rings. The molecule has 0 saturated carbocycles. The standard InChI is InChI=1S/C10H11N5O/c1-2-7-5-9(15-14-7)13-10(16)8-6-11-3-4-12-8/h3-6H,2H2,1H3,(H2,13,14,15,16). The van der Waals surface area contributed by atoms with Gasteiger partial charge in [0.1, 0.15) is 5.69 Å². The summed E-state index contributed by atoms with van der Waals surface area (Å²) < 4.78 is 0. The first-order valence-corrected chi connectivity index (χ1v) is 4.91. The van der Waals surface area contributed by atoms with Crippen molar-refractivity contribution in [3.8, 4) is 0 Å². The molecule has 6 heteroatoms. The lowest BCUT2D eigenvalue weighted by atomic mass is 10.3. The maximum Gasteiger partial charge on any atom is 0.277 e. The number of anilines is 1. The Kier molecular flexibility index (Phi) is 2.90. The van der Waals surface area contributed by atoms with E-state index in [4.69, 9.17) is 0 Å². The van der Waals surface area contributed by atoms with Crippen LogP contribution in [0.1, 0.15) is 23.1 Å². The summed E-state index contributed by atoms with van der Waals surface area (Å²) in [6, 6.07) is 1.79. The third-order valence-electron chi connectivity index (χ3n) is 2.05. The van der Waals surface area contributed by atoms with E-state index in [-0.39, 0.29) is 11.6 Å². The third-order valence-corrected chi connectivity index (χ3v) is 2.05. The first kappa shape index (κ1) is 10.3. The minimum absolute atomic E-state index is 0.267. The van der Waals surface area contributed by atoms with Crippen LogP contribution in [0.3, 0.4) is 0 Å². The van der Waals surface area contributed by atoms with Crippen LogP contribution in [0.5, 0.6) is 0 Å². The van der Waals surface area contributed by atoms with E-state index in [2.05, 4.69) is 25.5 Å². The number of nitrogens with zero attached hydrogens (tertiary/aromatic N) is 3. The van der Waals surface area contributed by atoms with Gasteiger partial charge in [-0.3, -0.25) is 14.9 Å². The van der Waals surface area contributed by atoms with E-state index in [0.717, 1.165) is 12.1 Å². The molecular formula is C10H11N5O. The highest BCUT2D eigenvalue weighted by atomic mass is 16.1. The molecule has 0 aromatic carbocycles. The maximum absolute atomic E-state index is 11.6. The van der Waals surface area contributed by atoms with Gasteiger partial charge < -0.3 is 5.32 Å². The van der Waals surface area contributed by atoms with Crippen molar-refractivity contribution < 1.29 is 4.79 Å². The molecule has 0 radical (unpaired) electrons. The number of amides is 1. The van der Waals surface area contributed by atoms with E-state index in [1.165, 1.54) is 18.6 Å². The molecule has 0 saturated heterocycles. The number of nitrogens with one attached hydrogen (secondary N) is 2. The first-order valence-electron chi connectivity index (χ1n) is 4.91. The van der Waals surface area contributed by atoms with Crippen LogP contribution in [0, 0.1) is 0 Å². The van der Waals surface area contributed by atoms with Gasteiger partial charge in [0.25, 0.3) is 5.91 Å². The van der Waals surface area contributed by atoms with Crippen molar-refractivity contribution in [1.29, 1.82) is 0 Å². The maximum atomic E-state index is 11.6. The molecule has 0 spiro atoms. The number of carbonyl (C=O) groups excluding carboxylic acids is 1. The Morgan fingerprint density at radius 3 is 3.00 bits per heavy atom. The number of rotatable bonds is 3. The lowest BCUT2D eigenvalue weighted by Crippen LogP contribution is -2.13. The number of hydrogen-bond acceptors (Lipinski definition) is 4. The Balaban J connectivity index is 2.08. The lowest BCUT2D eigenvalue weighted by Gasteiger charge is -1.98. The fourth-order valence-corrected chi connectivity index (χ4v) is 1.20. The quantitative estimate of drug-likeness (QED) is 0.803. The third kappa shape index (κ3) is 2.22. The van der Waals surface area contributed by atoms with Crippen LogP contribution in [0.25, 0.3) is 0 Å². The molecule has 6 nitrogen and oxygen atoms in total. The Bertz CT molecular complexity index is 479. The van der Waals surface area contributed by atoms with Gasteiger partial charge >= 0.3 is 0 Å². The van der Waals surface area contributed by atoms with Crippen LogP contribution in [0.15, 0.2) is 24.7 Å². The zero-order valence-electron chi connectivity index (χ0n) is 8.77. The highest BCUT2D eigenvalue weighted by Crippen LogP contribution is 2.06. The zero-order valence-corrected chi connectivity index (χ0v) is 8.77. The van der Waals surface area contributed by atoms with Crippen molar-refractivity contribution >= 4 is 11.7 Å². The second-order valence-electron chi connectivity index (χ2n) is 3.18. The van der Waals surface area contributed by atoms with Crippen molar-refractivity contribution in [3.05, 3.63) is 36.0 Å². The van der Waals surface area contributed by atoms with E-state index in [1.807, 2.05) is 6.92 Å². The number of hydrogen-bond donors (Lipinski definition) is 2. The number of carbonyl (C=O) groups is 1. The minimum Gasteiger partial charge on any atom is -0.304 e. The fraction of sp³-hybridized carbons (Fsp3) is 0.200. The van der Waals surface area contributed by atoms with Crippen molar-refractivity contribution in [2.75, 3.05) is 5.32 Å². The number of aryl methyl sites for hydroxylation is 1. The molecule has 2 aromatic heterocycles. The number of H-pyrrole nitrogens is 1. The number of aromatic nitrogens is 4. The average Bonchev–Trinajstić information content (AvgIpc) is 2.78. The van der Waals surface area contributed by atoms with Crippen molar-refractivity contribution in [2.24, 2.45) is 0 Å². The van der Waals surface area contributed by atoms with Crippen LogP contribution >= 0.6 is 0 Å². The van der Waals surface area contributed by atoms with Gasteiger partial charge in [0.15, 0.2) is 5.82 Å². The molecule has 2 heterocycles. The van der Waals surface area contributed by atoms with Crippen molar-refractivity contribution in [1.82, 2.24) is 20.2 Å². The van der Waals surface area contributed by atoms with Crippen molar-refractivity contribution in [3.63, 3.8) is 0 Å². The van der Waals surface area contributed by atoms with E-state index >= 15 is 0 Å². The van der Waals surface area contributed by atoms with Crippen LogP contribution < -0.4 is 5.32 Å². The predicted octanol–water partition coefficient (Wildman–Crippen LogP) is 1.01. The Morgan fingerprint density at radius 1 is 1.50 bits per heavy atom. The normalized spacial score (nSPS) is 10.1. The number of aromatic amines is 1. The van der Waals surface area contributed by atoms with Gasteiger partial charge in [-0.25, -0.2) is 4.98 Å². The van der Waals surface area contributed by atoms with Crippen LogP contribution in [0.2, 0.25) is 0 Å². The van der Waals surface area contributed by atoms with Gasteiger partial charge in [-0.2, -0.15) is 5.10 Å². The predicted molar refractivity (Wildman–Crippen MR) is 58.0 cm³/mol. The molecule has 2 aromatic rings. The molecule has 0 bridgehead atoms. The molecule has 2 N–H and O–H groups in total. The molecular weight excluding hydrogens is 206 g/mol. The molecule has 2 rings (SSSR count). The molecule has 16 heavy (non-hydrogen) atoms. The van der Waals surface area contributed by atoms with Gasteiger partial charge in [0.05, 0.1) is 6.20 Å². The lowest BCUT2D eigenvalue weighted by molar-refractivity contribution is 0.102. The highest BCUT2D eigenvalue weighted by Gasteiger charge is 2.08. The summed E-state index contributed by atoms with van der Waals surface area (Å²) in [5.41, 5.74) is 1.23. The molecule has 82 valence electrons. The minimum atomic E-state index is -0.317. The molecule has 1 amide bonds. The fourth-order valence-electron chi connectivity index (χ4n) is 1.20.